The van der Waals surface area contributed by atoms with E-state index < -0.39 is 35.4 Å². The number of alkyl halides is 2. The maximum absolute atomic E-state index is 13.5. The number of hydrogen-bond donors (Lipinski definition) is 0. The van der Waals surface area contributed by atoms with Crippen LogP contribution in [0, 0.1) is 22.0 Å². The van der Waals surface area contributed by atoms with E-state index >= 15 is 0 Å². The number of halogens is 3. The molecule has 1 aliphatic carbocycles. The lowest BCUT2D eigenvalue weighted by Crippen LogP contribution is -2.20. The van der Waals surface area contributed by atoms with Gasteiger partial charge in [-0.25, -0.2) is 8.78 Å². The van der Waals surface area contributed by atoms with Crippen LogP contribution in [0.2, 0.25) is 0 Å². The van der Waals surface area contributed by atoms with Gasteiger partial charge in [-0.3, -0.25) is 14.8 Å². The van der Waals surface area contributed by atoms with Crippen molar-refractivity contribution in [1.82, 2.24) is 24.5 Å². The quantitative estimate of drug-likeness (QED) is 0.573. The van der Waals surface area contributed by atoms with Gasteiger partial charge < -0.3 is 4.57 Å². The molecule has 0 aromatic carbocycles. The zero-order valence-electron chi connectivity index (χ0n) is 11.8. The van der Waals surface area contributed by atoms with Gasteiger partial charge in [-0.05, 0) is 18.8 Å². The van der Waals surface area contributed by atoms with Crippen molar-refractivity contribution >= 4 is 5.69 Å². The normalized spacial score (nSPS) is 16.0. The van der Waals surface area contributed by atoms with Crippen LogP contribution in [0.4, 0.5) is 18.9 Å². The second kappa shape index (κ2) is 5.97. The zero-order chi connectivity index (χ0) is 16.6. The molecule has 23 heavy (non-hydrogen) atoms. The third-order valence-corrected chi connectivity index (χ3v) is 3.68. The van der Waals surface area contributed by atoms with Gasteiger partial charge in [0.1, 0.15) is 18.6 Å². The average molecular weight is 330 g/mol. The molecule has 8 nitrogen and oxygen atoms in total. The van der Waals surface area contributed by atoms with Crippen molar-refractivity contribution in [2.75, 3.05) is 0 Å². The van der Waals surface area contributed by atoms with E-state index in [1.807, 2.05) is 0 Å². The summed E-state index contributed by atoms with van der Waals surface area (Å²) in [6.45, 7) is 0.577. The van der Waals surface area contributed by atoms with E-state index in [0.29, 0.717) is 12.5 Å². The van der Waals surface area contributed by atoms with Crippen LogP contribution in [-0.4, -0.2) is 35.9 Å². The monoisotopic (exact) mass is 330 g/mol. The van der Waals surface area contributed by atoms with Gasteiger partial charge in [0.25, 0.3) is 0 Å². The highest BCUT2D eigenvalue weighted by molar-refractivity contribution is 5.24. The first kappa shape index (κ1) is 15.4. The number of hydrogen-bond acceptors (Lipinski definition) is 5. The molecule has 1 saturated carbocycles. The Labute approximate surface area is 128 Å². The summed E-state index contributed by atoms with van der Waals surface area (Å²) in [5.74, 6) is -0.683. The molecule has 1 aliphatic rings. The van der Waals surface area contributed by atoms with Crippen LogP contribution >= 0.6 is 0 Å². The van der Waals surface area contributed by atoms with Gasteiger partial charge >= 0.3 is 11.6 Å². The Morgan fingerprint density at radius 3 is 2.74 bits per heavy atom. The minimum atomic E-state index is -2.71. The molecule has 0 N–H and O–H groups in total. The van der Waals surface area contributed by atoms with Crippen LogP contribution in [0.15, 0.2) is 12.5 Å². The highest BCUT2D eigenvalue weighted by Gasteiger charge is 2.31. The van der Waals surface area contributed by atoms with Crippen LogP contribution < -0.4 is 0 Å². The SMILES string of the molecule is O=[N+]([O-])c1cn([C@@H](CC(F)F)c2nncn2CC2CC2)nc1F. The van der Waals surface area contributed by atoms with Crippen molar-refractivity contribution in [3.05, 3.63) is 34.4 Å². The molecular formula is C12H13F3N6O2. The molecule has 0 saturated heterocycles. The van der Waals surface area contributed by atoms with Crippen molar-refractivity contribution in [2.24, 2.45) is 5.92 Å². The number of aromatic nitrogens is 5. The van der Waals surface area contributed by atoms with Gasteiger partial charge in [0, 0.05) is 13.0 Å². The minimum Gasteiger partial charge on any atom is -0.315 e. The van der Waals surface area contributed by atoms with Crippen LogP contribution in [0.3, 0.4) is 0 Å². The highest BCUT2D eigenvalue weighted by Crippen LogP contribution is 2.32. The fourth-order valence-electron chi connectivity index (χ4n) is 2.38. The van der Waals surface area contributed by atoms with Crippen molar-refractivity contribution in [3.8, 4) is 0 Å². The first-order valence-electron chi connectivity index (χ1n) is 7.00. The first-order valence-corrected chi connectivity index (χ1v) is 7.00. The molecule has 0 amide bonds. The molecule has 0 radical (unpaired) electrons. The molecule has 2 heterocycles. The smallest absolute Gasteiger partial charge is 0.315 e. The van der Waals surface area contributed by atoms with Gasteiger partial charge in [0.15, 0.2) is 5.82 Å². The van der Waals surface area contributed by atoms with Crippen molar-refractivity contribution in [2.45, 2.75) is 38.3 Å². The van der Waals surface area contributed by atoms with Crippen molar-refractivity contribution in [3.63, 3.8) is 0 Å². The van der Waals surface area contributed by atoms with E-state index in [1.165, 1.54) is 6.33 Å². The molecule has 0 spiro atoms. The lowest BCUT2D eigenvalue weighted by Gasteiger charge is -2.17. The molecule has 124 valence electrons. The van der Waals surface area contributed by atoms with Crippen LogP contribution in [-0.2, 0) is 6.54 Å². The maximum atomic E-state index is 13.5. The summed E-state index contributed by atoms with van der Waals surface area (Å²) in [7, 11) is 0. The average Bonchev–Trinajstić information content (AvgIpc) is 3.02. The molecule has 0 bridgehead atoms. The molecule has 1 fully saturated rings. The third kappa shape index (κ3) is 3.32. The molecule has 0 unspecified atom stereocenters. The minimum absolute atomic E-state index is 0.189. The van der Waals surface area contributed by atoms with Gasteiger partial charge in [-0.1, -0.05) is 0 Å². The molecule has 11 heteroatoms. The van der Waals surface area contributed by atoms with Crippen LogP contribution in [0.5, 0.6) is 0 Å². The summed E-state index contributed by atoms with van der Waals surface area (Å²) in [6, 6.07) is -1.13. The van der Waals surface area contributed by atoms with E-state index in [2.05, 4.69) is 15.3 Å². The Balaban J connectivity index is 1.96. The van der Waals surface area contributed by atoms with Crippen LogP contribution in [0.25, 0.3) is 0 Å². The Morgan fingerprint density at radius 1 is 1.43 bits per heavy atom. The molecule has 1 atom stereocenters. The largest absolute Gasteiger partial charge is 0.343 e. The topological polar surface area (TPSA) is 91.7 Å². The molecule has 2 aromatic rings. The summed E-state index contributed by atoms with van der Waals surface area (Å²) in [4.78, 5) is 9.77. The number of nitrogens with zero attached hydrogens (tertiary/aromatic N) is 6. The third-order valence-electron chi connectivity index (χ3n) is 3.68. The second-order valence-corrected chi connectivity index (χ2v) is 5.47. The second-order valence-electron chi connectivity index (χ2n) is 5.47. The Hall–Kier alpha value is -2.46. The summed E-state index contributed by atoms with van der Waals surface area (Å²) in [5.41, 5.74) is -0.863. The summed E-state index contributed by atoms with van der Waals surface area (Å²) >= 11 is 0. The fourth-order valence-corrected chi connectivity index (χ4v) is 2.38. The van der Waals surface area contributed by atoms with Crippen molar-refractivity contribution < 1.29 is 18.1 Å². The summed E-state index contributed by atoms with van der Waals surface area (Å²) in [5, 5.41) is 21.6. The Kier molecular flexibility index (Phi) is 4.01. The number of nitro groups is 1. The van der Waals surface area contributed by atoms with Gasteiger partial charge in [-0.2, -0.15) is 4.39 Å². The number of rotatable bonds is 7. The predicted octanol–water partition coefficient (Wildman–Crippen LogP) is 2.18. The van der Waals surface area contributed by atoms with E-state index in [0.717, 1.165) is 23.7 Å². The lowest BCUT2D eigenvalue weighted by molar-refractivity contribution is -0.387. The zero-order valence-corrected chi connectivity index (χ0v) is 11.8. The summed E-state index contributed by atoms with van der Waals surface area (Å²) in [6.07, 6.45) is 0.899. The van der Waals surface area contributed by atoms with E-state index in [9.17, 15) is 23.3 Å². The lowest BCUT2D eigenvalue weighted by atomic mass is 10.2. The Bertz CT molecular complexity index is 711. The predicted molar refractivity (Wildman–Crippen MR) is 70.3 cm³/mol. The standard InChI is InChI=1S/C12H13F3N6O2/c13-10(14)3-8(20-5-9(21(22)23)11(15)18-20)12-17-16-6-19(12)4-7-1-2-7/h5-8,10H,1-4H2/t8-/m0/s1. The molecule has 2 aromatic heterocycles. The Morgan fingerprint density at radius 2 is 2.17 bits per heavy atom. The van der Waals surface area contributed by atoms with E-state index in [-0.39, 0.29) is 5.82 Å². The highest BCUT2D eigenvalue weighted by atomic mass is 19.3. The molecule has 0 aliphatic heterocycles. The summed E-state index contributed by atoms with van der Waals surface area (Å²) < 4.78 is 41.8. The van der Waals surface area contributed by atoms with Gasteiger partial charge in [0.05, 0.1) is 4.92 Å². The van der Waals surface area contributed by atoms with E-state index in [1.54, 1.807) is 4.57 Å². The molecule has 3 rings (SSSR count). The first-order chi connectivity index (χ1) is 11.0. The maximum Gasteiger partial charge on any atom is 0.343 e. The fraction of sp³-hybridized carbons (Fsp3) is 0.583. The van der Waals surface area contributed by atoms with Crippen LogP contribution in [0.1, 0.15) is 31.1 Å². The molecular weight excluding hydrogens is 317 g/mol. The van der Waals surface area contributed by atoms with E-state index in [4.69, 9.17) is 0 Å². The van der Waals surface area contributed by atoms with Gasteiger partial charge in [-0.15, -0.1) is 15.3 Å². The van der Waals surface area contributed by atoms with Gasteiger partial charge in [0.2, 0.25) is 6.43 Å². The van der Waals surface area contributed by atoms with Crippen molar-refractivity contribution in [1.29, 1.82) is 0 Å².